The Morgan fingerprint density at radius 1 is 1.35 bits per heavy atom. The number of nitrogens with one attached hydrogen (secondary N) is 1. The molecule has 0 aliphatic carbocycles. The van der Waals surface area contributed by atoms with E-state index in [-0.39, 0.29) is 0 Å². The zero-order valence-corrected chi connectivity index (χ0v) is 13.8. The number of imidazole rings is 1. The lowest BCUT2D eigenvalue weighted by molar-refractivity contribution is 0.628. The summed E-state index contributed by atoms with van der Waals surface area (Å²) in [5, 5.41) is 3.56. The maximum atomic E-state index is 4.61. The molecule has 0 amide bonds. The monoisotopic (exact) mass is 291 g/mol. The van der Waals surface area contributed by atoms with Gasteiger partial charge in [0, 0.05) is 35.0 Å². The summed E-state index contributed by atoms with van der Waals surface area (Å²) in [6.45, 7) is 9.71. The van der Waals surface area contributed by atoms with E-state index < -0.39 is 0 Å². The van der Waals surface area contributed by atoms with Crippen molar-refractivity contribution >= 4 is 17.3 Å². The van der Waals surface area contributed by atoms with Crippen molar-refractivity contribution in [2.75, 3.05) is 5.32 Å². The van der Waals surface area contributed by atoms with Crippen LogP contribution in [0.15, 0.2) is 18.3 Å². The Balaban J connectivity index is 1.97. The van der Waals surface area contributed by atoms with Crippen molar-refractivity contribution in [2.24, 2.45) is 0 Å². The normalized spacial score (nSPS) is 12.6. The molecule has 0 aliphatic heterocycles. The van der Waals surface area contributed by atoms with Gasteiger partial charge in [-0.05, 0) is 39.3 Å². The minimum absolute atomic E-state index is 0.398. The zero-order chi connectivity index (χ0) is 14.5. The van der Waals surface area contributed by atoms with Crippen LogP contribution in [0.4, 0.5) is 5.95 Å². The average molecular weight is 291 g/mol. The van der Waals surface area contributed by atoms with Crippen LogP contribution in [0.5, 0.6) is 0 Å². The predicted molar refractivity (Wildman–Crippen MR) is 87.7 cm³/mol. The molecule has 4 heteroatoms. The van der Waals surface area contributed by atoms with Gasteiger partial charge in [-0.3, -0.25) is 0 Å². The van der Waals surface area contributed by atoms with E-state index in [0.29, 0.717) is 6.04 Å². The number of rotatable bonds is 7. The lowest BCUT2D eigenvalue weighted by atomic mass is 10.2. The summed E-state index contributed by atoms with van der Waals surface area (Å²) < 4.78 is 2.25. The van der Waals surface area contributed by atoms with Crippen LogP contribution >= 0.6 is 11.3 Å². The van der Waals surface area contributed by atoms with Gasteiger partial charge in [0.05, 0.1) is 5.69 Å². The number of anilines is 1. The minimum atomic E-state index is 0.398. The molecule has 110 valence electrons. The van der Waals surface area contributed by atoms with E-state index in [0.717, 1.165) is 24.6 Å². The van der Waals surface area contributed by atoms with Crippen molar-refractivity contribution in [1.29, 1.82) is 0 Å². The zero-order valence-electron chi connectivity index (χ0n) is 12.9. The van der Waals surface area contributed by atoms with Gasteiger partial charge in [-0.25, -0.2) is 4.98 Å². The fourth-order valence-electron chi connectivity index (χ4n) is 2.33. The lowest BCUT2D eigenvalue weighted by Gasteiger charge is -2.15. The Bertz CT molecular complexity index is 542. The Morgan fingerprint density at radius 3 is 2.80 bits per heavy atom. The van der Waals surface area contributed by atoms with Crippen molar-refractivity contribution in [3.05, 3.63) is 33.8 Å². The molecule has 0 saturated carbocycles. The van der Waals surface area contributed by atoms with Crippen LogP contribution in [0.1, 0.15) is 42.1 Å². The minimum Gasteiger partial charge on any atom is -0.353 e. The average Bonchev–Trinajstić information content (AvgIpc) is 2.93. The second-order valence-electron chi connectivity index (χ2n) is 5.51. The molecule has 1 N–H and O–H groups in total. The number of hydrogen-bond donors (Lipinski definition) is 1. The molecule has 1 unspecified atom stereocenters. The fourth-order valence-corrected chi connectivity index (χ4v) is 3.35. The quantitative estimate of drug-likeness (QED) is 0.819. The van der Waals surface area contributed by atoms with Crippen molar-refractivity contribution in [3.63, 3.8) is 0 Å². The van der Waals surface area contributed by atoms with E-state index in [9.17, 15) is 0 Å². The summed E-state index contributed by atoms with van der Waals surface area (Å²) in [6, 6.07) is 4.82. The van der Waals surface area contributed by atoms with E-state index in [4.69, 9.17) is 0 Å². The highest BCUT2D eigenvalue weighted by Crippen LogP contribution is 2.18. The molecule has 0 radical (unpaired) electrons. The van der Waals surface area contributed by atoms with E-state index in [2.05, 4.69) is 60.9 Å². The predicted octanol–water partition coefficient (Wildman–Crippen LogP) is 4.40. The molecule has 2 aromatic rings. The van der Waals surface area contributed by atoms with E-state index in [1.54, 1.807) is 0 Å². The Labute approximate surface area is 126 Å². The fraction of sp³-hybridized carbons (Fsp3) is 0.562. The van der Waals surface area contributed by atoms with Crippen LogP contribution in [0.25, 0.3) is 0 Å². The smallest absolute Gasteiger partial charge is 0.203 e. The van der Waals surface area contributed by atoms with Gasteiger partial charge in [0.25, 0.3) is 0 Å². The molecule has 20 heavy (non-hydrogen) atoms. The van der Waals surface area contributed by atoms with Gasteiger partial charge in [0.2, 0.25) is 5.95 Å². The highest BCUT2D eigenvalue weighted by molar-refractivity contribution is 7.11. The van der Waals surface area contributed by atoms with Gasteiger partial charge in [0.15, 0.2) is 0 Å². The molecule has 0 saturated heterocycles. The van der Waals surface area contributed by atoms with Gasteiger partial charge in [-0.15, -0.1) is 11.3 Å². The maximum Gasteiger partial charge on any atom is 0.203 e. The largest absolute Gasteiger partial charge is 0.353 e. The summed E-state index contributed by atoms with van der Waals surface area (Å²) >= 11 is 1.88. The van der Waals surface area contributed by atoms with Gasteiger partial charge < -0.3 is 9.88 Å². The summed E-state index contributed by atoms with van der Waals surface area (Å²) in [4.78, 5) is 7.42. The first-order chi connectivity index (χ1) is 9.58. The summed E-state index contributed by atoms with van der Waals surface area (Å²) in [7, 11) is 0. The van der Waals surface area contributed by atoms with E-state index >= 15 is 0 Å². The summed E-state index contributed by atoms with van der Waals surface area (Å²) in [5.41, 5.74) is 1.09. The molecule has 0 aliphatic rings. The molecule has 1 atom stereocenters. The third-order valence-electron chi connectivity index (χ3n) is 3.33. The number of nitrogens with zero attached hydrogens (tertiary/aromatic N) is 2. The Hall–Kier alpha value is -1.29. The van der Waals surface area contributed by atoms with Gasteiger partial charge >= 0.3 is 0 Å². The highest BCUT2D eigenvalue weighted by Gasteiger charge is 2.10. The molecular weight excluding hydrogens is 266 g/mol. The van der Waals surface area contributed by atoms with Gasteiger partial charge in [0.1, 0.15) is 0 Å². The third-order valence-corrected chi connectivity index (χ3v) is 4.35. The standard InChI is InChI=1S/C16H25N3S/c1-5-6-9-19-11-13(3)18-16(19)17-12(2)10-15-8-7-14(4)20-15/h7-8,11-12H,5-6,9-10H2,1-4H3,(H,17,18). The number of aryl methyl sites for hydroxylation is 3. The maximum absolute atomic E-state index is 4.61. The highest BCUT2D eigenvalue weighted by atomic mass is 32.1. The second-order valence-corrected chi connectivity index (χ2v) is 6.89. The van der Waals surface area contributed by atoms with Crippen LogP contribution < -0.4 is 5.32 Å². The lowest BCUT2D eigenvalue weighted by Crippen LogP contribution is -2.20. The summed E-state index contributed by atoms with van der Waals surface area (Å²) in [5.74, 6) is 1.01. The molecule has 2 aromatic heterocycles. The van der Waals surface area contributed by atoms with Crippen LogP contribution in [0.2, 0.25) is 0 Å². The molecule has 0 spiro atoms. The van der Waals surface area contributed by atoms with Gasteiger partial charge in [-0.1, -0.05) is 13.3 Å². The Morgan fingerprint density at radius 2 is 2.15 bits per heavy atom. The number of hydrogen-bond acceptors (Lipinski definition) is 3. The molecule has 2 rings (SSSR count). The Kier molecular flexibility index (Phi) is 5.24. The first kappa shape index (κ1) is 15.1. The van der Waals surface area contributed by atoms with Crippen LogP contribution in [-0.4, -0.2) is 15.6 Å². The van der Waals surface area contributed by atoms with Gasteiger partial charge in [-0.2, -0.15) is 0 Å². The third kappa shape index (κ3) is 4.10. The number of aromatic nitrogens is 2. The molecule has 0 fully saturated rings. The first-order valence-corrected chi connectivity index (χ1v) is 8.25. The number of thiophene rings is 1. The van der Waals surface area contributed by atoms with Crippen molar-refractivity contribution in [1.82, 2.24) is 9.55 Å². The van der Waals surface area contributed by atoms with Crippen LogP contribution in [0.3, 0.4) is 0 Å². The molecule has 0 aromatic carbocycles. The van der Waals surface area contributed by atoms with Crippen LogP contribution in [0, 0.1) is 13.8 Å². The SMILES string of the molecule is CCCCn1cc(C)nc1NC(C)Cc1ccc(C)s1. The van der Waals surface area contributed by atoms with Crippen molar-refractivity contribution in [2.45, 2.75) is 59.5 Å². The van der Waals surface area contributed by atoms with Crippen molar-refractivity contribution < 1.29 is 0 Å². The molecule has 3 nitrogen and oxygen atoms in total. The topological polar surface area (TPSA) is 29.9 Å². The molecule has 2 heterocycles. The number of unbranched alkanes of at least 4 members (excludes halogenated alkanes) is 1. The molecule has 0 bridgehead atoms. The van der Waals surface area contributed by atoms with E-state index in [1.165, 1.54) is 22.6 Å². The first-order valence-electron chi connectivity index (χ1n) is 7.44. The van der Waals surface area contributed by atoms with Crippen molar-refractivity contribution in [3.8, 4) is 0 Å². The van der Waals surface area contributed by atoms with E-state index in [1.807, 2.05) is 11.3 Å². The molecular formula is C16H25N3S. The summed E-state index contributed by atoms with van der Waals surface area (Å²) in [6.07, 6.45) is 5.60. The van der Waals surface area contributed by atoms with Crippen LogP contribution in [-0.2, 0) is 13.0 Å². The second kappa shape index (κ2) is 6.93.